The van der Waals surface area contributed by atoms with Crippen LogP contribution >= 0.6 is 0 Å². The van der Waals surface area contributed by atoms with Crippen molar-refractivity contribution < 1.29 is 22.7 Å². The van der Waals surface area contributed by atoms with Gasteiger partial charge in [-0.15, -0.1) is 0 Å². The molecule has 0 unspecified atom stereocenters. The number of benzene rings is 2. The van der Waals surface area contributed by atoms with Crippen molar-refractivity contribution in [2.45, 2.75) is 38.1 Å². The van der Waals surface area contributed by atoms with Crippen molar-refractivity contribution in [2.75, 3.05) is 13.2 Å². The number of amides is 1. The fourth-order valence-corrected chi connectivity index (χ4v) is 3.71. The number of esters is 1. The van der Waals surface area contributed by atoms with Crippen molar-refractivity contribution >= 4 is 21.9 Å². The molecule has 0 radical (unpaired) electrons. The van der Waals surface area contributed by atoms with E-state index >= 15 is 0 Å². The van der Waals surface area contributed by atoms with Crippen molar-refractivity contribution in [3.63, 3.8) is 0 Å². The third kappa shape index (κ3) is 6.40. The second kappa shape index (κ2) is 10.2. The smallest absolute Gasteiger partial charge is 0.338 e. The first-order valence-electron chi connectivity index (χ1n) is 9.41. The molecule has 0 aliphatic carbocycles. The lowest BCUT2D eigenvalue weighted by Crippen LogP contribution is -2.31. The zero-order valence-electron chi connectivity index (χ0n) is 16.8. The highest BCUT2D eigenvalue weighted by molar-refractivity contribution is 7.89. The number of carbonyl (C=O) groups excluding carboxylic acids is 2. The summed E-state index contributed by atoms with van der Waals surface area (Å²) in [6.45, 7) is 5.44. The number of hydrogen-bond donors (Lipinski definition) is 2. The summed E-state index contributed by atoms with van der Waals surface area (Å²) in [4.78, 5) is 24.2. The summed E-state index contributed by atoms with van der Waals surface area (Å²) in [6.07, 6.45) is 0.943. The van der Waals surface area contributed by atoms with Crippen LogP contribution in [0.25, 0.3) is 0 Å². The van der Waals surface area contributed by atoms with Gasteiger partial charge in [0.1, 0.15) is 0 Å². The van der Waals surface area contributed by atoms with E-state index in [9.17, 15) is 18.0 Å². The Bertz CT molecular complexity index is 938. The Hall–Kier alpha value is -2.71. The highest BCUT2D eigenvalue weighted by Gasteiger charge is 2.16. The standard InChI is InChI=1S/C21H26N2O5S/c1-4-16-6-8-17(9-7-16)15(3)23-20(24)14-28-21(25)18-10-12-19(13-11-18)29(26,27)22-5-2/h6-13,15,22H,4-5,14H2,1-3H3,(H,23,24)/t15-/m0/s1. The molecule has 0 saturated heterocycles. The van der Waals surface area contributed by atoms with Gasteiger partial charge in [0.05, 0.1) is 16.5 Å². The Labute approximate surface area is 171 Å². The van der Waals surface area contributed by atoms with E-state index in [-0.39, 0.29) is 23.0 Å². The van der Waals surface area contributed by atoms with Crippen LogP contribution in [0, 0.1) is 0 Å². The number of sulfonamides is 1. The zero-order chi connectivity index (χ0) is 21.4. The first-order chi connectivity index (χ1) is 13.8. The summed E-state index contributed by atoms with van der Waals surface area (Å²) in [6, 6.07) is 13.0. The Morgan fingerprint density at radius 3 is 2.17 bits per heavy atom. The topological polar surface area (TPSA) is 102 Å². The van der Waals surface area contributed by atoms with Gasteiger partial charge >= 0.3 is 5.97 Å². The molecule has 0 aromatic heterocycles. The summed E-state index contributed by atoms with van der Waals surface area (Å²) in [5.74, 6) is -1.12. The normalized spacial score (nSPS) is 12.2. The van der Waals surface area contributed by atoms with E-state index in [1.807, 2.05) is 31.2 Å². The molecular formula is C21H26N2O5S. The minimum Gasteiger partial charge on any atom is -0.452 e. The van der Waals surface area contributed by atoms with Crippen LogP contribution in [0.2, 0.25) is 0 Å². The Morgan fingerprint density at radius 2 is 1.62 bits per heavy atom. The number of carbonyl (C=O) groups is 2. The molecule has 2 aromatic rings. The van der Waals surface area contributed by atoms with Crippen LogP contribution < -0.4 is 10.0 Å². The van der Waals surface area contributed by atoms with Crippen LogP contribution in [-0.2, 0) is 26.0 Å². The maximum Gasteiger partial charge on any atom is 0.338 e. The van der Waals surface area contributed by atoms with Crippen LogP contribution in [0.1, 0.15) is 48.3 Å². The SMILES string of the molecule is CCNS(=O)(=O)c1ccc(C(=O)OCC(=O)N[C@@H](C)c2ccc(CC)cc2)cc1. The van der Waals surface area contributed by atoms with Gasteiger partial charge in [-0.05, 0) is 48.7 Å². The summed E-state index contributed by atoms with van der Waals surface area (Å²) in [5.41, 5.74) is 2.33. The first-order valence-corrected chi connectivity index (χ1v) is 10.9. The van der Waals surface area contributed by atoms with Gasteiger partial charge in [0, 0.05) is 6.54 Å². The third-order valence-electron chi connectivity index (χ3n) is 4.33. The molecule has 7 nitrogen and oxygen atoms in total. The van der Waals surface area contributed by atoms with Gasteiger partial charge in [-0.1, -0.05) is 38.1 Å². The first kappa shape index (κ1) is 22.6. The molecule has 0 aliphatic heterocycles. The second-order valence-corrected chi connectivity index (χ2v) is 8.25. The van der Waals surface area contributed by atoms with E-state index in [1.54, 1.807) is 6.92 Å². The monoisotopic (exact) mass is 418 g/mol. The molecule has 0 spiro atoms. The quantitative estimate of drug-likeness (QED) is 0.610. The van der Waals surface area contributed by atoms with Gasteiger partial charge in [-0.25, -0.2) is 17.9 Å². The Morgan fingerprint density at radius 1 is 1.00 bits per heavy atom. The van der Waals surface area contributed by atoms with Crippen LogP contribution in [0.4, 0.5) is 0 Å². The number of nitrogens with one attached hydrogen (secondary N) is 2. The van der Waals surface area contributed by atoms with Crippen LogP contribution in [0.3, 0.4) is 0 Å². The van der Waals surface area contributed by atoms with E-state index in [0.717, 1.165) is 12.0 Å². The molecule has 0 bridgehead atoms. The van der Waals surface area contributed by atoms with Gasteiger partial charge < -0.3 is 10.1 Å². The molecule has 156 valence electrons. The largest absolute Gasteiger partial charge is 0.452 e. The molecule has 2 rings (SSSR count). The van der Waals surface area contributed by atoms with Crippen LogP contribution in [0.15, 0.2) is 53.4 Å². The second-order valence-electron chi connectivity index (χ2n) is 6.49. The molecule has 0 saturated carbocycles. The highest BCUT2D eigenvalue weighted by Crippen LogP contribution is 2.14. The summed E-state index contributed by atoms with van der Waals surface area (Å²) < 4.78 is 31.2. The maximum absolute atomic E-state index is 12.1. The minimum absolute atomic E-state index is 0.0524. The molecule has 0 heterocycles. The molecule has 1 amide bonds. The average Bonchev–Trinajstić information content (AvgIpc) is 2.72. The number of hydrogen-bond acceptors (Lipinski definition) is 5. The van der Waals surface area contributed by atoms with Gasteiger partial charge in [0.25, 0.3) is 5.91 Å². The lowest BCUT2D eigenvalue weighted by atomic mass is 10.1. The van der Waals surface area contributed by atoms with Gasteiger partial charge in [0.15, 0.2) is 6.61 Å². The lowest BCUT2D eigenvalue weighted by Gasteiger charge is -2.15. The molecule has 2 aromatic carbocycles. The minimum atomic E-state index is -3.59. The molecule has 2 N–H and O–H groups in total. The zero-order valence-corrected chi connectivity index (χ0v) is 17.6. The number of ether oxygens (including phenoxy) is 1. The van der Waals surface area contributed by atoms with Crippen molar-refractivity contribution in [2.24, 2.45) is 0 Å². The van der Waals surface area contributed by atoms with E-state index in [4.69, 9.17) is 4.74 Å². The highest BCUT2D eigenvalue weighted by atomic mass is 32.2. The van der Waals surface area contributed by atoms with E-state index in [2.05, 4.69) is 17.0 Å². The summed E-state index contributed by atoms with van der Waals surface area (Å²) in [5, 5.41) is 2.78. The molecular weight excluding hydrogens is 392 g/mol. The van der Waals surface area contributed by atoms with E-state index < -0.39 is 28.5 Å². The van der Waals surface area contributed by atoms with Crippen LogP contribution in [0.5, 0.6) is 0 Å². The van der Waals surface area contributed by atoms with E-state index in [0.29, 0.717) is 0 Å². The molecule has 0 fully saturated rings. The molecule has 1 atom stereocenters. The van der Waals surface area contributed by atoms with Crippen molar-refractivity contribution in [1.29, 1.82) is 0 Å². The van der Waals surface area contributed by atoms with Crippen molar-refractivity contribution in [3.05, 3.63) is 65.2 Å². The van der Waals surface area contributed by atoms with Gasteiger partial charge in [-0.3, -0.25) is 4.79 Å². The molecule has 0 aliphatic rings. The van der Waals surface area contributed by atoms with Crippen molar-refractivity contribution in [3.8, 4) is 0 Å². The molecule has 8 heteroatoms. The van der Waals surface area contributed by atoms with Crippen molar-refractivity contribution in [1.82, 2.24) is 10.0 Å². The third-order valence-corrected chi connectivity index (χ3v) is 5.90. The average molecular weight is 419 g/mol. The Balaban J connectivity index is 1.88. The predicted octanol–water partition coefficient (Wildman–Crippen LogP) is 2.58. The maximum atomic E-state index is 12.1. The van der Waals surface area contributed by atoms with Gasteiger partial charge in [-0.2, -0.15) is 0 Å². The number of rotatable bonds is 9. The van der Waals surface area contributed by atoms with E-state index in [1.165, 1.54) is 29.8 Å². The lowest BCUT2D eigenvalue weighted by molar-refractivity contribution is -0.124. The summed E-state index contributed by atoms with van der Waals surface area (Å²) in [7, 11) is -3.59. The Kier molecular flexibility index (Phi) is 7.92. The summed E-state index contributed by atoms with van der Waals surface area (Å²) >= 11 is 0. The fourth-order valence-electron chi connectivity index (χ4n) is 2.67. The van der Waals surface area contributed by atoms with Gasteiger partial charge in [0.2, 0.25) is 10.0 Å². The predicted molar refractivity (Wildman–Crippen MR) is 110 cm³/mol. The molecule has 29 heavy (non-hydrogen) atoms. The van der Waals surface area contributed by atoms with Crippen LogP contribution in [-0.4, -0.2) is 33.4 Å². The number of aryl methyl sites for hydroxylation is 1. The fraction of sp³-hybridized carbons (Fsp3) is 0.333.